The number of aliphatic hydroxyl groups is 3. The summed E-state index contributed by atoms with van der Waals surface area (Å²) in [4.78, 5) is 26.1. The molecule has 0 aromatic rings. The Hall–Kier alpha value is -1.22. The summed E-state index contributed by atoms with van der Waals surface area (Å²) >= 11 is 0. The van der Waals surface area contributed by atoms with Crippen LogP contribution < -0.4 is 5.32 Å². The molecule has 4 N–H and O–H groups in total. The SMILES string of the molecule is CC(C)CC1NC(=O)C(C)N([C@@H]2O[C@@H](C)[C@H](O)[C@@H](O)[C@H]2O)C1=O. The molecule has 0 aromatic carbocycles. The van der Waals surface area contributed by atoms with E-state index in [1.165, 1.54) is 18.7 Å². The Morgan fingerprint density at radius 1 is 1.13 bits per heavy atom. The lowest BCUT2D eigenvalue weighted by Crippen LogP contribution is -2.71. The number of carbonyl (C=O) groups is 2. The van der Waals surface area contributed by atoms with Gasteiger partial charge in [-0.05, 0) is 26.2 Å². The normalized spacial score (nSPS) is 42.1. The summed E-state index contributed by atoms with van der Waals surface area (Å²) in [6, 6.07) is -1.52. The fourth-order valence-corrected chi connectivity index (χ4v) is 3.09. The highest BCUT2D eigenvalue weighted by Crippen LogP contribution is 2.27. The van der Waals surface area contributed by atoms with Crippen molar-refractivity contribution in [3.63, 3.8) is 0 Å². The van der Waals surface area contributed by atoms with Crippen molar-refractivity contribution in [1.29, 1.82) is 0 Å². The van der Waals surface area contributed by atoms with Gasteiger partial charge in [0.15, 0.2) is 6.23 Å². The molecule has 2 fully saturated rings. The van der Waals surface area contributed by atoms with E-state index in [0.29, 0.717) is 6.42 Å². The first-order chi connectivity index (χ1) is 10.6. The van der Waals surface area contributed by atoms with Crippen LogP contribution >= 0.6 is 0 Å². The van der Waals surface area contributed by atoms with Crippen LogP contribution in [-0.2, 0) is 14.3 Å². The second-order valence-electron chi connectivity index (χ2n) is 6.82. The average molecular weight is 330 g/mol. The van der Waals surface area contributed by atoms with Crippen LogP contribution in [0.4, 0.5) is 0 Å². The number of nitrogens with zero attached hydrogens (tertiary/aromatic N) is 1. The number of amides is 2. The summed E-state index contributed by atoms with van der Waals surface area (Å²) in [7, 11) is 0. The number of hydrogen-bond acceptors (Lipinski definition) is 6. The molecule has 0 spiro atoms. The second-order valence-corrected chi connectivity index (χ2v) is 6.82. The molecule has 0 aliphatic carbocycles. The summed E-state index contributed by atoms with van der Waals surface area (Å²) in [5, 5.41) is 32.6. The minimum Gasteiger partial charge on any atom is -0.388 e. The Morgan fingerprint density at radius 3 is 2.30 bits per heavy atom. The van der Waals surface area contributed by atoms with Gasteiger partial charge >= 0.3 is 0 Å². The standard InChI is InChI=1S/C15H26N2O6/c1-6(2)5-9-14(22)17(7(3)13(21)16-9)15-12(20)11(19)10(18)8(4)23-15/h6-12,15,18-20H,5H2,1-4H3,(H,16,21)/t7?,8-,9?,10-,11+,12+,15+/m0/s1. The quantitative estimate of drug-likeness (QED) is 0.504. The summed E-state index contributed by atoms with van der Waals surface area (Å²) in [5.41, 5.74) is 0. The van der Waals surface area contributed by atoms with Crippen molar-refractivity contribution >= 4 is 11.8 Å². The van der Waals surface area contributed by atoms with Crippen LogP contribution in [0.15, 0.2) is 0 Å². The molecule has 7 atom stereocenters. The van der Waals surface area contributed by atoms with Gasteiger partial charge in [-0.25, -0.2) is 0 Å². The minimum absolute atomic E-state index is 0.197. The molecule has 132 valence electrons. The molecule has 8 heteroatoms. The van der Waals surface area contributed by atoms with E-state index < -0.39 is 42.7 Å². The van der Waals surface area contributed by atoms with Gasteiger partial charge in [-0.2, -0.15) is 0 Å². The van der Waals surface area contributed by atoms with E-state index >= 15 is 0 Å². The first-order valence-corrected chi connectivity index (χ1v) is 7.97. The highest BCUT2D eigenvalue weighted by molar-refractivity contribution is 5.96. The third-order valence-corrected chi connectivity index (χ3v) is 4.47. The first kappa shape index (κ1) is 18.1. The molecule has 2 unspecified atom stereocenters. The lowest BCUT2D eigenvalue weighted by molar-refractivity contribution is -0.258. The number of hydrogen-bond donors (Lipinski definition) is 4. The van der Waals surface area contributed by atoms with Gasteiger partial charge in [0, 0.05) is 0 Å². The van der Waals surface area contributed by atoms with Crippen LogP contribution in [-0.4, -0.2) is 74.8 Å². The van der Waals surface area contributed by atoms with Gasteiger partial charge in [-0.15, -0.1) is 0 Å². The zero-order valence-electron chi connectivity index (χ0n) is 13.8. The molecular weight excluding hydrogens is 304 g/mol. The predicted octanol–water partition coefficient (Wildman–Crippen LogP) is -1.42. The van der Waals surface area contributed by atoms with E-state index in [9.17, 15) is 24.9 Å². The molecule has 2 amide bonds. The van der Waals surface area contributed by atoms with Crippen LogP contribution in [0.25, 0.3) is 0 Å². The van der Waals surface area contributed by atoms with Gasteiger partial charge < -0.3 is 30.3 Å². The van der Waals surface area contributed by atoms with E-state index in [4.69, 9.17) is 4.74 Å². The van der Waals surface area contributed by atoms with Crippen molar-refractivity contribution < 1.29 is 29.6 Å². The molecule has 2 aliphatic heterocycles. The van der Waals surface area contributed by atoms with E-state index in [1.54, 1.807) is 0 Å². The smallest absolute Gasteiger partial charge is 0.247 e. The number of rotatable bonds is 3. The van der Waals surface area contributed by atoms with Gasteiger partial charge in [-0.1, -0.05) is 13.8 Å². The van der Waals surface area contributed by atoms with Gasteiger partial charge in [0.1, 0.15) is 30.4 Å². The van der Waals surface area contributed by atoms with Crippen molar-refractivity contribution in [2.24, 2.45) is 5.92 Å². The van der Waals surface area contributed by atoms with Crippen molar-refractivity contribution in [2.75, 3.05) is 0 Å². The van der Waals surface area contributed by atoms with E-state index in [0.717, 1.165) is 0 Å². The van der Waals surface area contributed by atoms with Crippen LogP contribution in [0.1, 0.15) is 34.1 Å². The highest BCUT2D eigenvalue weighted by Gasteiger charge is 2.50. The van der Waals surface area contributed by atoms with Crippen molar-refractivity contribution in [1.82, 2.24) is 10.2 Å². The minimum atomic E-state index is -1.49. The Balaban J connectivity index is 2.27. The van der Waals surface area contributed by atoms with E-state index in [-0.39, 0.29) is 17.7 Å². The lowest BCUT2D eigenvalue weighted by Gasteiger charge is -2.48. The van der Waals surface area contributed by atoms with Gasteiger partial charge in [0.2, 0.25) is 11.8 Å². The molecule has 8 nitrogen and oxygen atoms in total. The molecule has 2 rings (SSSR count). The monoisotopic (exact) mass is 330 g/mol. The highest BCUT2D eigenvalue weighted by atomic mass is 16.6. The second kappa shape index (κ2) is 6.72. The zero-order valence-corrected chi connectivity index (χ0v) is 13.8. The summed E-state index contributed by atoms with van der Waals surface area (Å²) < 4.78 is 5.53. The molecule has 2 saturated heterocycles. The summed E-state index contributed by atoms with van der Waals surface area (Å²) in [6.07, 6.45) is -5.66. The molecule has 2 aliphatic rings. The van der Waals surface area contributed by atoms with Crippen LogP contribution in [0.2, 0.25) is 0 Å². The van der Waals surface area contributed by atoms with E-state index in [1.807, 2.05) is 13.8 Å². The zero-order chi connectivity index (χ0) is 17.5. The van der Waals surface area contributed by atoms with E-state index in [2.05, 4.69) is 5.32 Å². The maximum atomic E-state index is 12.7. The maximum absolute atomic E-state index is 12.7. The van der Waals surface area contributed by atoms with Crippen LogP contribution in [0.5, 0.6) is 0 Å². The Kier molecular flexibility index (Phi) is 5.30. The molecule has 2 heterocycles. The average Bonchev–Trinajstić information content (AvgIpc) is 2.47. The van der Waals surface area contributed by atoms with Crippen LogP contribution in [0.3, 0.4) is 0 Å². The number of carbonyl (C=O) groups excluding carboxylic acids is 2. The first-order valence-electron chi connectivity index (χ1n) is 7.97. The number of piperazine rings is 1. The van der Waals surface area contributed by atoms with Crippen molar-refractivity contribution in [2.45, 2.75) is 76.8 Å². The fourth-order valence-electron chi connectivity index (χ4n) is 3.09. The summed E-state index contributed by atoms with van der Waals surface area (Å²) in [5.74, 6) is -0.493. The molecular formula is C15H26N2O6. The Bertz CT molecular complexity index is 471. The van der Waals surface area contributed by atoms with Gasteiger partial charge in [-0.3, -0.25) is 9.59 Å². The van der Waals surface area contributed by atoms with Crippen LogP contribution in [0, 0.1) is 5.92 Å². The molecule has 0 saturated carbocycles. The molecule has 0 aromatic heterocycles. The predicted molar refractivity (Wildman–Crippen MR) is 80.0 cm³/mol. The molecule has 23 heavy (non-hydrogen) atoms. The number of aliphatic hydroxyl groups excluding tert-OH is 3. The third kappa shape index (κ3) is 3.35. The third-order valence-electron chi connectivity index (χ3n) is 4.47. The summed E-state index contributed by atoms with van der Waals surface area (Å²) in [6.45, 7) is 6.96. The number of ether oxygens (including phenoxy) is 1. The number of nitrogens with one attached hydrogen (secondary N) is 1. The fraction of sp³-hybridized carbons (Fsp3) is 0.867. The Labute approximate surface area is 135 Å². The maximum Gasteiger partial charge on any atom is 0.247 e. The largest absolute Gasteiger partial charge is 0.388 e. The Morgan fingerprint density at radius 2 is 1.74 bits per heavy atom. The van der Waals surface area contributed by atoms with Crippen molar-refractivity contribution in [3.8, 4) is 0 Å². The van der Waals surface area contributed by atoms with Gasteiger partial charge in [0.25, 0.3) is 0 Å². The van der Waals surface area contributed by atoms with Crippen molar-refractivity contribution in [3.05, 3.63) is 0 Å². The lowest BCUT2D eigenvalue weighted by atomic mass is 9.94. The van der Waals surface area contributed by atoms with Gasteiger partial charge in [0.05, 0.1) is 6.10 Å². The molecule has 0 bridgehead atoms. The topological polar surface area (TPSA) is 119 Å². The molecule has 0 radical (unpaired) electrons.